The van der Waals surface area contributed by atoms with E-state index in [4.69, 9.17) is 0 Å². The Morgan fingerprint density at radius 2 is 2.00 bits per heavy atom. The lowest BCUT2D eigenvalue weighted by Crippen LogP contribution is -2.64. The monoisotopic (exact) mass is 402 g/mol. The lowest BCUT2D eigenvalue weighted by molar-refractivity contribution is -0.120. The molecular weight excluding hydrogens is 372 g/mol. The smallest absolute Gasteiger partial charge is 0.228 e. The highest BCUT2D eigenvalue weighted by Gasteiger charge is 2.55. The molecule has 0 aromatic heterocycles. The predicted octanol–water partition coefficient (Wildman–Crippen LogP) is 3.83. The first kappa shape index (κ1) is 19.5. The maximum Gasteiger partial charge on any atom is 0.228 e. The maximum absolute atomic E-state index is 13.3. The van der Waals surface area contributed by atoms with Crippen LogP contribution in [0.15, 0.2) is 59.3 Å². The molecule has 2 atom stereocenters. The van der Waals surface area contributed by atoms with Crippen LogP contribution < -0.4 is 5.32 Å². The van der Waals surface area contributed by atoms with Crippen LogP contribution in [0.1, 0.15) is 51.2 Å². The standard InChI is InChI=1S/C26H30N2O2/c1-25(2)23-14-17-7-4-5-9-20(17)26(25,3)11-12-28(23)16-22(29)18-8-6-10-21-19(13-18)15-24(30)27-21/h4-5,7-10,13,23H,6,11-12,14-16H2,1-3H3,(H,27,30)/t23-,26+/m1/s1. The summed E-state index contributed by atoms with van der Waals surface area (Å²) in [5.74, 6) is 0.175. The molecule has 0 unspecified atom stereocenters. The van der Waals surface area contributed by atoms with Gasteiger partial charge in [0.2, 0.25) is 5.91 Å². The second-order valence-electron chi connectivity index (χ2n) is 9.98. The Kier molecular flexibility index (Phi) is 4.41. The lowest BCUT2D eigenvalue weighted by Gasteiger charge is -2.61. The molecule has 2 heterocycles. The molecular formula is C26H30N2O2. The number of carbonyl (C=O) groups is 2. The van der Waals surface area contributed by atoms with Gasteiger partial charge in [0, 0.05) is 22.7 Å². The summed E-state index contributed by atoms with van der Waals surface area (Å²) in [4.78, 5) is 27.4. The van der Waals surface area contributed by atoms with Gasteiger partial charge in [-0.25, -0.2) is 0 Å². The van der Waals surface area contributed by atoms with Gasteiger partial charge in [-0.15, -0.1) is 0 Å². The highest BCUT2D eigenvalue weighted by atomic mass is 16.2. The fourth-order valence-corrected chi connectivity index (χ4v) is 6.04. The van der Waals surface area contributed by atoms with Gasteiger partial charge in [-0.1, -0.05) is 57.2 Å². The molecule has 2 bridgehead atoms. The Hall–Kier alpha value is -2.46. The molecule has 5 rings (SSSR count). The number of amides is 1. The number of benzene rings is 1. The number of likely N-dealkylation sites (tertiary alicyclic amines) is 1. The third-order valence-electron chi connectivity index (χ3n) is 8.25. The number of fused-ring (bicyclic) bond motifs is 5. The minimum absolute atomic E-state index is 0.0131. The predicted molar refractivity (Wildman–Crippen MR) is 118 cm³/mol. The summed E-state index contributed by atoms with van der Waals surface area (Å²) >= 11 is 0. The van der Waals surface area contributed by atoms with E-state index < -0.39 is 0 Å². The minimum atomic E-state index is 0.0131. The van der Waals surface area contributed by atoms with Crippen LogP contribution in [0, 0.1) is 5.41 Å². The number of rotatable bonds is 3. The first-order valence-corrected chi connectivity index (χ1v) is 11.1. The molecule has 0 saturated carbocycles. The quantitative estimate of drug-likeness (QED) is 0.836. The lowest BCUT2D eigenvalue weighted by atomic mass is 9.51. The molecule has 0 spiro atoms. The Labute approximate surface area is 178 Å². The van der Waals surface area contributed by atoms with Crippen molar-refractivity contribution in [3.63, 3.8) is 0 Å². The van der Waals surface area contributed by atoms with Crippen molar-refractivity contribution in [1.82, 2.24) is 10.2 Å². The van der Waals surface area contributed by atoms with E-state index in [9.17, 15) is 9.59 Å². The molecule has 4 heteroatoms. The van der Waals surface area contributed by atoms with Crippen LogP contribution in [0.25, 0.3) is 0 Å². The molecule has 1 aromatic rings. The molecule has 4 nitrogen and oxygen atoms in total. The molecule has 2 aliphatic heterocycles. The molecule has 2 fully saturated rings. The average Bonchev–Trinajstić information content (AvgIpc) is 2.93. The molecule has 1 aromatic carbocycles. The SMILES string of the molecule is CC1(C)[C@H]2Cc3ccccc3[C@]1(C)CCN2CC(=O)C1=CCC=C2NC(=O)CC2=C1. The van der Waals surface area contributed by atoms with Gasteiger partial charge in [-0.2, -0.15) is 0 Å². The molecule has 2 aliphatic carbocycles. The van der Waals surface area contributed by atoms with Gasteiger partial charge < -0.3 is 5.32 Å². The summed E-state index contributed by atoms with van der Waals surface area (Å²) in [5, 5.41) is 2.89. The molecule has 0 radical (unpaired) electrons. The van der Waals surface area contributed by atoms with E-state index >= 15 is 0 Å². The number of hydrogen-bond acceptors (Lipinski definition) is 3. The Morgan fingerprint density at radius 3 is 2.83 bits per heavy atom. The van der Waals surface area contributed by atoms with Crippen LogP contribution in [-0.2, 0) is 21.4 Å². The zero-order valence-corrected chi connectivity index (χ0v) is 18.1. The average molecular weight is 403 g/mol. The van der Waals surface area contributed by atoms with Crippen LogP contribution in [0.3, 0.4) is 0 Å². The van der Waals surface area contributed by atoms with E-state index in [1.54, 1.807) is 0 Å². The van der Waals surface area contributed by atoms with Crippen LogP contribution >= 0.6 is 0 Å². The van der Waals surface area contributed by atoms with Crippen molar-refractivity contribution in [1.29, 1.82) is 0 Å². The van der Waals surface area contributed by atoms with Crippen molar-refractivity contribution in [3.05, 3.63) is 70.5 Å². The van der Waals surface area contributed by atoms with E-state index in [0.717, 1.165) is 36.2 Å². The number of ketones is 1. The van der Waals surface area contributed by atoms with E-state index in [0.29, 0.717) is 25.4 Å². The van der Waals surface area contributed by atoms with E-state index in [1.165, 1.54) is 11.1 Å². The van der Waals surface area contributed by atoms with Gasteiger partial charge in [-0.3, -0.25) is 14.5 Å². The fourth-order valence-electron chi connectivity index (χ4n) is 6.04. The Bertz CT molecular complexity index is 1030. The van der Waals surface area contributed by atoms with E-state index in [1.807, 2.05) is 18.2 Å². The van der Waals surface area contributed by atoms with Crippen molar-refractivity contribution < 1.29 is 9.59 Å². The highest BCUT2D eigenvalue weighted by molar-refractivity contribution is 6.00. The highest BCUT2D eigenvalue weighted by Crippen LogP contribution is 2.55. The van der Waals surface area contributed by atoms with Gasteiger partial charge in [0.05, 0.1) is 13.0 Å². The Balaban J connectivity index is 1.40. The normalized spacial score (nSPS) is 29.6. The van der Waals surface area contributed by atoms with E-state index in [2.05, 4.69) is 55.3 Å². The third kappa shape index (κ3) is 2.84. The van der Waals surface area contributed by atoms with Crippen molar-refractivity contribution in [2.24, 2.45) is 5.41 Å². The van der Waals surface area contributed by atoms with Crippen LogP contribution in [-0.4, -0.2) is 35.7 Å². The summed E-state index contributed by atoms with van der Waals surface area (Å²) in [6, 6.07) is 9.20. The van der Waals surface area contributed by atoms with Gasteiger partial charge in [0.25, 0.3) is 0 Å². The zero-order valence-electron chi connectivity index (χ0n) is 18.1. The number of Topliss-reactive ketones (excluding diaryl/α,β-unsaturated/α-hetero) is 1. The molecule has 30 heavy (non-hydrogen) atoms. The largest absolute Gasteiger partial charge is 0.326 e. The molecule has 1 N–H and O–H groups in total. The molecule has 1 amide bonds. The summed E-state index contributed by atoms with van der Waals surface area (Å²) in [7, 11) is 0. The number of carbonyl (C=O) groups excluding carboxylic acids is 2. The second-order valence-corrected chi connectivity index (χ2v) is 9.98. The van der Waals surface area contributed by atoms with Crippen LogP contribution in [0.2, 0.25) is 0 Å². The second kappa shape index (κ2) is 6.78. The van der Waals surface area contributed by atoms with Gasteiger partial charge in [0.15, 0.2) is 5.78 Å². The van der Waals surface area contributed by atoms with Gasteiger partial charge in [0.1, 0.15) is 0 Å². The van der Waals surface area contributed by atoms with Gasteiger partial charge in [-0.05, 0) is 54.0 Å². The van der Waals surface area contributed by atoms with Gasteiger partial charge >= 0.3 is 0 Å². The zero-order chi connectivity index (χ0) is 21.1. The fraction of sp³-hybridized carbons (Fsp3) is 0.462. The first-order chi connectivity index (χ1) is 14.3. The number of hydrogen-bond donors (Lipinski definition) is 1. The number of piperidine rings is 1. The number of nitrogens with zero attached hydrogens (tertiary/aromatic N) is 1. The van der Waals surface area contributed by atoms with Crippen LogP contribution in [0.4, 0.5) is 0 Å². The number of nitrogens with one attached hydrogen (secondary N) is 1. The topological polar surface area (TPSA) is 49.4 Å². The molecule has 4 aliphatic rings. The van der Waals surface area contributed by atoms with Crippen molar-refractivity contribution >= 4 is 11.7 Å². The van der Waals surface area contributed by atoms with Crippen molar-refractivity contribution in [2.45, 2.75) is 57.9 Å². The van der Waals surface area contributed by atoms with Crippen LogP contribution in [0.5, 0.6) is 0 Å². The minimum Gasteiger partial charge on any atom is -0.326 e. The molecule has 2 saturated heterocycles. The van der Waals surface area contributed by atoms with E-state index in [-0.39, 0.29) is 22.5 Å². The number of allylic oxidation sites excluding steroid dienone is 4. The van der Waals surface area contributed by atoms with Crippen molar-refractivity contribution in [2.75, 3.05) is 13.1 Å². The summed E-state index contributed by atoms with van der Waals surface area (Å²) in [6.45, 7) is 8.55. The Morgan fingerprint density at radius 1 is 1.20 bits per heavy atom. The first-order valence-electron chi connectivity index (χ1n) is 11.1. The third-order valence-corrected chi connectivity index (χ3v) is 8.25. The van der Waals surface area contributed by atoms with Crippen molar-refractivity contribution in [3.8, 4) is 0 Å². The summed E-state index contributed by atoms with van der Waals surface area (Å²) in [6.07, 6.45) is 9.03. The summed E-state index contributed by atoms with van der Waals surface area (Å²) < 4.78 is 0. The molecule has 156 valence electrons. The maximum atomic E-state index is 13.3. The summed E-state index contributed by atoms with van der Waals surface area (Å²) in [5.41, 5.74) is 5.70.